The summed E-state index contributed by atoms with van der Waals surface area (Å²) in [5, 5.41) is 26.0. The monoisotopic (exact) mass is 277 g/mol. The number of rotatable bonds is 10. The van der Waals surface area contributed by atoms with Crippen LogP contribution in [0.1, 0.15) is 19.3 Å². The van der Waals surface area contributed by atoms with E-state index < -0.39 is 48.7 Å². The minimum atomic E-state index is -1.40. The Balaban J connectivity index is 4.41. The second-order valence-electron chi connectivity index (χ2n) is 3.67. The summed E-state index contributed by atoms with van der Waals surface area (Å²) in [4.78, 5) is 42.4. The highest BCUT2D eigenvalue weighted by atomic mass is 16.4. The number of hydrogen-bond donors (Lipinski definition) is 6. The Morgan fingerprint density at radius 1 is 0.947 bits per heavy atom. The molecule has 0 saturated heterocycles. The van der Waals surface area contributed by atoms with Gasteiger partial charge in [0.25, 0.3) is 0 Å². The lowest BCUT2D eigenvalue weighted by Gasteiger charge is -2.18. The molecule has 0 aromatic carbocycles. The van der Waals surface area contributed by atoms with Crippen LogP contribution < -0.4 is 16.6 Å². The van der Waals surface area contributed by atoms with Gasteiger partial charge in [-0.15, -0.1) is 0 Å². The van der Waals surface area contributed by atoms with Crippen molar-refractivity contribution < 1.29 is 34.5 Å². The van der Waals surface area contributed by atoms with E-state index in [9.17, 15) is 19.2 Å². The van der Waals surface area contributed by atoms with Gasteiger partial charge < -0.3 is 21.1 Å². The molecule has 0 aliphatic rings. The predicted molar refractivity (Wildman–Crippen MR) is 59.8 cm³/mol. The third-order valence-electron chi connectivity index (χ3n) is 2.08. The fraction of sp³-hybridized carbons (Fsp3) is 0.556. The first-order valence-electron chi connectivity index (χ1n) is 5.20. The predicted octanol–water partition coefficient (Wildman–Crippen LogP) is -2.27. The van der Waals surface area contributed by atoms with Gasteiger partial charge in [0.05, 0.1) is 6.42 Å². The molecule has 0 saturated carbocycles. The molecule has 0 bridgehead atoms. The molecular formula is C9H15N3O7. The van der Waals surface area contributed by atoms with E-state index >= 15 is 0 Å². The zero-order chi connectivity index (χ0) is 15.0. The fourth-order valence-electron chi connectivity index (χ4n) is 1.13. The molecule has 0 aromatic heterocycles. The number of primary amides is 1. The number of nitrogens with one attached hydrogen (secondary N) is 2. The van der Waals surface area contributed by atoms with Gasteiger partial charge in [0, 0.05) is 6.42 Å². The zero-order valence-corrected chi connectivity index (χ0v) is 9.83. The number of carboxylic acid groups (broad SMARTS) is 3. The standard InChI is InChI=1S/C9H15N3O7/c10-6(13)3-5(9(18)19)12-11-4(8(16)17)1-2-7(14)15/h4-5,11-12H,1-3H2,(H2,10,13)(H,14,15)(H,16,17)(H,18,19)/t4-,5-/m0/s1. The summed E-state index contributed by atoms with van der Waals surface area (Å²) in [5.74, 6) is -4.80. The molecule has 0 radical (unpaired) electrons. The second-order valence-corrected chi connectivity index (χ2v) is 3.67. The lowest BCUT2D eigenvalue weighted by Crippen LogP contribution is -2.53. The molecule has 0 rings (SSSR count). The van der Waals surface area contributed by atoms with Gasteiger partial charge in [0.15, 0.2) is 0 Å². The lowest BCUT2D eigenvalue weighted by atomic mass is 10.1. The first-order valence-corrected chi connectivity index (χ1v) is 5.20. The summed E-state index contributed by atoms with van der Waals surface area (Å²) in [7, 11) is 0. The van der Waals surface area contributed by atoms with Crippen molar-refractivity contribution in [2.45, 2.75) is 31.3 Å². The maximum Gasteiger partial charge on any atom is 0.322 e. The molecule has 1 amide bonds. The summed E-state index contributed by atoms with van der Waals surface area (Å²) in [6.45, 7) is 0. The Morgan fingerprint density at radius 3 is 1.79 bits per heavy atom. The van der Waals surface area contributed by atoms with Crippen LogP contribution in [0.3, 0.4) is 0 Å². The minimum Gasteiger partial charge on any atom is -0.481 e. The van der Waals surface area contributed by atoms with E-state index in [1.54, 1.807) is 0 Å². The number of carboxylic acids is 3. The Kier molecular flexibility index (Phi) is 7.07. The van der Waals surface area contributed by atoms with Crippen LogP contribution in [0.15, 0.2) is 0 Å². The molecule has 0 aromatic rings. The molecule has 10 nitrogen and oxygen atoms in total. The average molecular weight is 277 g/mol. The number of aliphatic carboxylic acids is 3. The molecule has 19 heavy (non-hydrogen) atoms. The topological polar surface area (TPSA) is 179 Å². The average Bonchev–Trinajstić information content (AvgIpc) is 2.25. The van der Waals surface area contributed by atoms with E-state index in [1.165, 1.54) is 0 Å². The SMILES string of the molecule is NC(=O)C[C@H](NN[C@@H](CCC(=O)O)C(=O)O)C(=O)O. The Bertz CT molecular complexity index is 371. The Hall–Kier alpha value is -2.20. The largest absolute Gasteiger partial charge is 0.481 e. The number of carbonyl (C=O) groups excluding carboxylic acids is 1. The highest BCUT2D eigenvalue weighted by molar-refractivity contribution is 5.83. The maximum atomic E-state index is 10.8. The summed E-state index contributed by atoms with van der Waals surface area (Å²) >= 11 is 0. The molecule has 7 N–H and O–H groups in total. The third kappa shape index (κ3) is 7.68. The quantitative estimate of drug-likeness (QED) is 0.240. The van der Waals surface area contributed by atoms with Gasteiger partial charge in [-0.25, -0.2) is 10.9 Å². The van der Waals surface area contributed by atoms with Crippen LogP contribution in [-0.2, 0) is 19.2 Å². The first-order chi connectivity index (χ1) is 8.73. The van der Waals surface area contributed by atoms with Gasteiger partial charge >= 0.3 is 17.9 Å². The number of hydrazine groups is 1. The van der Waals surface area contributed by atoms with Gasteiger partial charge in [-0.1, -0.05) is 0 Å². The van der Waals surface area contributed by atoms with Crippen molar-refractivity contribution in [2.24, 2.45) is 5.73 Å². The number of carbonyl (C=O) groups is 4. The van der Waals surface area contributed by atoms with E-state index in [4.69, 9.17) is 21.1 Å². The smallest absolute Gasteiger partial charge is 0.322 e. The van der Waals surface area contributed by atoms with Crippen molar-refractivity contribution in [3.8, 4) is 0 Å². The van der Waals surface area contributed by atoms with Crippen LogP contribution in [0.4, 0.5) is 0 Å². The Labute approximate surface area is 107 Å². The highest BCUT2D eigenvalue weighted by Gasteiger charge is 2.23. The number of nitrogens with two attached hydrogens (primary N) is 1. The molecule has 0 fully saturated rings. The van der Waals surface area contributed by atoms with Crippen LogP contribution >= 0.6 is 0 Å². The summed E-state index contributed by atoms with van der Waals surface area (Å²) in [6.07, 6.45) is -1.19. The molecular weight excluding hydrogens is 262 g/mol. The van der Waals surface area contributed by atoms with E-state index in [-0.39, 0.29) is 6.42 Å². The van der Waals surface area contributed by atoms with Crippen LogP contribution in [0.2, 0.25) is 0 Å². The number of amides is 1. The molecule has 0 heterocycles. The molecule has 0 unspecified atom stereocenters. The zero-order valence-electron chi connectivity index (χ0n) is 9.83. The molecule has 108 valence electrons. The lowest BCUT2D eigenvalue weighted by molar-refractivity contribution is -0.144. The fourth-order valence-corrected chi connectivity index (χ4v) is 1.13. The molecule has 0 spiro atoms. The normalized spacial score (nSPS) is 13.5. The van der Waals surface area contributed by atoms with Gasteiger partial charge in [-0.2, -0.15) is 0 Å². The van der Waals surface area contributed by atoms with Gasteiger partial charge in [0.2, 0.25) is 5.91 Å². The van der Waals surface area contributed by atoms with E-state index in [1.807, 2.05) is 0 Å². The summed E-state index contributed by atoms with van der Waals surface area (Å²) in [6, 6.07) is -2.70. The van der Waals surface area contributed by atoms with Crippen LogP contribution in [0, 0.1) is 0 Å². The summed E-state index contributed by atoms with van der Waals surface area (Å²) < 4.78 is 0. The Morgan fingerprint density at radius 2 is 1.42 bits per heavy atom. The summed E-state index contributed by atoms with van der Waals surface area (Å²) in [5.41, 5.74) is 9.12. The number of hydrogen-bond acceptors (Lipinski definition) is 6. The van der Waals surface area contributed by atoms with E-state index in [0.717, 1.165) is 0 Å². The van der Waals surface area contributed by atoms with E-state index in [0.29, 0.717) is 0 Å². The van der Waals surface area contributed by atoms with Gasteiger partial charge in [0.1, 0.15) is 12.1 Å². The van der Waals surface area contributed by atoms with Crippen LogP contribution in [0.5, 0.6) is 0 Å². The highest BCUT2D eigenvalue weighted by Crippen LogP contribution is 1.98. The van der Waals surface area contributed by atoms with Crippen molar-refractivity contribution in [3.05, 3.63) is 0 Å². The van der Waals surface area contributed by atoms with Gasteiger partial charge in [-0.05, 0) is 6.42 Å². The van der Waals surface area contributed by atoms with Gasteiger partial charge in [-0.3, -0.25) is 19.2 Å². The van der Waals surface area contributed by atoms with E-state index in [2.05, 4.69) is 10.9 Å². The van der Waals surface area contributed by atoms with Crippen LogP contribution in [-0.4, -0.2) is 51.2 Å². The molecule has 2 atom stereocenters. The van der Waals surface area contributed by atoms with Crippen molar-refractivity contribution in [1.29, 1.82) is 0 Å². The second kappa shape index (κ2) is 8.00. The van der Waals surface area contributed by atoms with Crippen molar-refractivity contribution in [1.82, 2.24) is 10.9 Å². The van der Waals surface area contributed by atoms with Crippen molar-refractivity contribution in [3.63, 3.8) is 0 Å². The third-order valence-corrected chi connectivity index (χ3v) is 2.08. The molecule has 0 aliphatic carbocycles. The maximum absolute atomic E-state index is 10.8. The first kappa shape index (κ1) is 16.8. The minimum absolute atomic E-state index is 0.249. The van der Waals surface area contributed by atoms with Crippen LogP contribution in [0.25, 0.3) is 0 Å². The molecule has 10 heteroatoms. The van der Waals surface area contributed by atoms with Crippen molar-refractivity contribution >= 4 is 23.8 Å². The molecule has 0 aliphatic heterocycles. The van der Waals surface area contributed by atoms with Crippen molar-refractivity contribution in [2.75, 3.05) is 0 Å².